The molecule has 0 fully saturated rings. The average molecular weight is 380 g/mol. The van der Waals surface area contributed by atoms with Crippen molar-refractivity contribution in [2.75, 3.05) is 13.7 Å². The molecular formula is C22H24N2O4. The van der Waals surface area contributed by atoms with Crippen molar-refractivity contribution in [3.63, 3.8) is 0 Å². The van der Waals surface area contributed by atoms with Crippen LogP contribution in [-0.2, 0) is 0 Å². The predicted octanol–water partition coefficient (Wildman–Crippen LogP) is 4.64. The fourth-order valence-corrected chi connectivity index (χ4v) is 2.78. The maximum Gasteiger partial charge on any atom is 0.355 e. The van der Waals surface area contributed by atoms with E-state index in [4.69, 9.17) is 9.47 Å². The third kappa shape index (κ3) is 4.17. The Morgan fingerprint density at radius 2 is 1.96 bits per heavy atom. The molecule has 3 aromatic rings. The highest BCUT2D eigenvalue weighted by molar-refractivity contribution is 5.92. The zero-order valence-corrected chi connectivity index (χ0v) is 16.5. The lowest BCUT2D eigenvalue weighted by Gasteiger charge is -2.21. The number of rotatable bonds is 6. The molecule has 3 rings (SSSR count). The van der Waals surface area contributed by atoms with Gasteiger partial charge in [0.15, 0.2) is 17.2 Å². The molecule has 28 heavy (non-hydrogen) atoms. The minimum absolute atomic E-state index is 0.0140. The van der Waals surface area contributed by atoms with Crippen LogP contribution >= 0.6 is 0 Å². The number of hydrogen-bond donors (Lipinski definition) is 1. The molecule has 0 atom stereocenters. The number of pyridine rings is 1. The van der Waals surface area contributed by atoms with Gasteiger partial charge in [0.2, 0.25) is 0 Å². The van der Waals surface area contributed by atoms with E-state index < -0.39 is 5.97 Å². The Kier molecular flexibility index (Phi) is 5.40. The Morgan fingerprint density at radius 3 is 2.64 bits per heavy atom. The maximum absolute atomic E-state index is 11.7. The second kappa shape index (κ2) is 7.76. The number of carboxylic acid groups (broad SMARTS) is 1. The fraction of sp³-hybridized carbons (Fsp3) is 0.273. The third-order valence-electron chi connectivity index (χ3n) is 4.06. The quantitative estimate of drug-likeness (QED) is 0.675. The van der Waals surface area contributed by atoms with E-state index in [9.17, 15) is 9.90 Å². The molecule has 0 spiro atoms. The van der Waals surface area contributed by atoms with Gasteiger partial charge < -0.3 is 14.6 Å². The van der Waals surface area contributed by atoms with Crippen LogP contribution in [0, 0.1) is 5.41 Å². The Hall–Kier alpha value is -3.28. The summed E-state index contributed by atoms with van der Waals surface area (Å²) in [4.78, 5) is 16.2. The highest BCUT2D eigenvalue weighted by atomic mass is 16.5. The van der Waals surface area contributed by atoms with E-state index in [-0.39, 0.29) is 11.1 Å². The van der Waals surface area contributed by atoms with Gasteiger partial charge in [-0.3, -0.25) is 4.40 Å². The molecule has 1 aromatic carbocycles. The van der Waals surface area contributed by atoms with E-state index in [0.717, 1.165) is 5.56 Å². The molecule has 2 heterocycles. The van der Waals surface area contributed by atoms with E-state index in [0.29, 0.717) is 29.4 Å². The lowest BCUT2D eigenvalue weighted by atomic mass is 9.98. The predicted molar refractivity (Wildman–Crippen MR) is 109 cm³/mol. The summed E-state index contributed by atoms with van der Waals surface area (Å²) in [5.74, 6) is 0.213. The van der Waals surface area contributed by atoms with Crippen LogP contribution in [0.2, 0.25) is 0 Å². The number of imidazole rings is 1. The lowest BCUT2D eigenvalue weighted by Crippen LogP contribution is -2.17. The number of carboxylic acids is 1. The molecule has 0 unspecified atom stereocenters. The lowest BCUT2D eigenvalue weighted by molar-refractivity contribution is 0.0689. The van der Waals surface area contributed by atoms with Gasteiger partial charge in [-0.25, -0.2) is 9.78 Å². The minimum Gasteiger partial charge on any atom is -0.493 e. The number of para-hydroxylation sites is 1. The number of hydrogen-bond acceptors (Lipinski definition) is 4. The second-order valence-electron chi connectivity index (χ2n) is 7.64. The van der Waals surface area contributed by atoms with Gasteiger partial charge in [-0.15, -0.1) is 0 Å². The molecule has 0 saturated heterocycles. The topological polar surface area (TPSA) is 73.1 Å². The van der Waals surface area contributed by atoms with Gasteiger partial charge in [-0.05, 0) is 35.8 Å². The van der Waals surface area contributed by atoms with Crippen molar-refractivity contribution in [1.29, 1.82) is 0 Å². The number of ether oxygens (including phenoxy) is 2. The molecular weight excluding hydrogens is 356 g/mol. The second-order valence-corrected chi connectivity index (χ2v) is 7.64. The smallest absolute Gasteiger partial charge is 0.355 e. The molecule has 6 heteroatoms. The van der Waals surface area contributed by atoms with Crippen LogP contribution in [0.4, 0.5) is 0 Å². The fourth-order valence-electron chi connectivity index (χ4n) is 2.78. The monoisotopic (exact) mass is 380 g/mol. The number of benzene rings is 1. The van der Waals surface area contributed by atoms with Crippen molar-refractivity contribution in [3.05, 3.63) is 59.5 Å². The summed E-state index contributed by atoms with van der Waals surface area (Å²) >= 11 is 0. The van der Waals surface area contributed by atoms with Crippen LogP contribution in [-0.4, -0.2) is 34.2 Å². The van der Waals surface area contributed by atoms with Crippen LogP contribution in [0.1, 0.15) is 42.5 Å². The Balaban J connectivity index is 2.02. The standard InChI is InChI=1S/C22H24N2O4/c1-22(2,3)14-28-20-15(8-7-9-17(20)27-4)11-12-16-19(21(25)26)24-13-6-5-10-18(24)23-16/h5-13H,14H2,1-4H3,(H,25,26). The zero-order chi connectivity index (χ0) is 20.3. The van der Waals surface area contributed by atoms with Crippen molar-refractivity contribution in [2.24, 2.45) is 5.41 Å². The zero-order valence-electron chi connectivity index (χ0n) is 16.5. The van der Waals surface area contributed by atoms with Gasteiger partial charge >= 0.3 is 5.97 Å². The van der Waals surface area contributed by atoms with Gasteiger partial charge in [0, 0.05) is 11.8 Å². The molecule has 0 amide bonds. The van der Waals surface area contributed by atoms with Crippen LogP contribution in [0.5, 0.6) is 11.5 Å². The summed E-state index contributed by atoms with van der Waals surface area (Å²) in [6.07, 6.45) is 5.18. The van der Waals surface area contributed by atoms with Gasteiger partial charge in [0.25, 0.3) is 0 Å². The first-order valence-electron chi connectivity index (χ1n) is 8.98. The van der Waals surface area contributed by atoms with E-state index in [1.165, 1.54) is 0 Å². The van der Waals surface area contributed by atoms with Crippen molar-refractivity contribution in [3.8, 4) is 11.5 Å². The Labute approximate surface area is 164 Å². The molecule has 0 saturated carbocycles. The molecule has 0 aliphatic carbocycles. The molecule has 0 aliphatic heterocycles. The Morgan fingerprint density at radius 1 is 1.18 bits per heavy atom. The van der Waals surface area contributed by atoms with Crippen LogP contribution in [0.3, 0.4) is 0 Å². The SMILES string of the molecule is COc1cccc(C=Cc2nc3ccccn3c2C(=O)O)c1OCC(C)(C)C. The van der Waals surface area contributed by atoms with Crippen molar-refractivity contribution >= 4 is 23.8 Å². The summed E-state index contributed by atoms with van der Waals surface area (Å²) in [6.45, 7) is 6.79. The molecule has 0 aliphatic rings. The molecule has 6 nitrogen and oxygen atoms in total. The van der Waals surface area contributed by atoms with Crippen molar-refractivity contribution in [1.82, 2.24) is 9.38 Å². The first kappa shape index (κ1) is 19.5. The normalized spacial score (nSPS) is 11.9. The van der Waals surface area contributed by atoms with E-state index in [1.807, 2.05) is 24.3 Å². The number of aromatic nitrogens is 2. The number of nitrogens with zero attached hydrogens (tertiary/aromatic N) is 2. The average Bonchev–Trinajstić information content (AvgIpc) is 3.02. The van der Waals surface area contributed by atoms with Gasteiger partial charge in [0.1, 0.15) is 5.65 Å². The van der Waals surface area contributed by atoms with Crippen LogP contribution in [0.25, 0.3) is 17.8 Å². The van der Waals surface area contributed by atoms with Gasteiger partial charge in [-0.1, -0.05) is 39.0 Å². The minimum atomic E-state index is -1.03. The molecule has 0 radical (unpaired) electrons. The maximum atomic E-state index is 11.7. The van der Waals surface area contributed by atoms with E-state index >= 15 is 0 Å². The third-order valence-corrected chi connectivity index (χ3v) is 4.06. The van der Waals surface area contributed by atoms with E-state index in [1.54, 1.807) is 42.0 Å². The summed E-state index contributed by atoms with van der Waals surface area (Å²) in [5.41, 5.74) is 1.85. The van der Waals surface area contributed by atoms with Gasteiger partial charge in [-0.2, -0.15) is 0 Å². The summed E-state index contributed by atoms with van der Waals surface area (Å²) in [5, 5.41) is 9.62. The summed E-state index contributed by atoms with van der Waals surface area (Å²) in [6, 6.07) is 11.0. The molecule has 1 N–H and O–H groups in total. The highest BCUT2D eigenvalue weighted by Crippen LogP contribution is 2.34. The van der Waals surface area contributed by atoms with Crippen molar-refractivity contribution in [2.45, 2.75) is 20.8 Å². The first-order chi connectivity index (χ1) is 13.3. The van der Waals surface area contributed by atoms with Crippen LogP contribution in [0.15, 0.2) is 42.6 Å². The number of aromatic carboxylic acids is 1. The summed E-state index contributed by atoms with van der Waals surface area (Å²) < 4.78 is 13.0. The number of methoxy groups -OCH3 is 1. The number of fused-ring (bicyclic) bond motifs is 1. The largest absolute Gasteiger partial charge is 0.493 e. The van der Waals surface area contributed by atoms with E-state index in [2.05, 4.69) is 25.8 Å². The summed E-state index contributed by atoms with van der Waals surface area (Å²) in [7, 11) is 1.59. The number of carbonyl (C=O) groups is 1. The molecule has 0 bridgehead atoms. The van der Waals surface area contributed by atoms with Crippen LogP contribution < -0.4 is 9.47 Å². The first-order valence-corrected chi connectivity index (χ1v) is 8.98. The molecule has 146 valence electrons. The highest BCUT2D eigenvalue weighted by Gasteiger charge is 2.18. The molecule has 2 aromatic heterocycles. The Bertz CT molecular complexity index is 1030. The van der Waals surface area contributed by atoms with Crippen molar-refractivity contribution < 1.29 is 19.4 Å². The van der Waals surface area contributed by atoms with Gasteiger partial charge in [0.05, 0.1) is 19.4 Å².